The molecule has 2 rings (SSSR count). The Bertz CT molecular complexity index is 901. The third kappa shape index (κ3) is 10.4. The lowest BCUT2D eigenvalue weighted by Crippen LogP contribution is -2.57. The number of unbranched alkanes of at least 4 members (excludes halogenated alkanes) is 1. The summed E-state index contributed by atoms with van der Waals surface area (Å²) < 4.78 is 0. The molecular weight excluding hydrogens is 478 g/mol. The van der Waals surface area contributed by atoms with Crippen LogP contribution in [0.25, 0.3) is 0 Å². The third-order valence-corrected chi connectivity index (χ3v) is 6.29. The predicted molar refractivity (Wildman–Crippen MR) is 139 cm³/mol. The molecule has 0 aliphatic carbocycles. The number of amides is 3. The molecule has 0 spiro atoms. The minimum absolute atomic E-state index is 0.0318. The largest absolute Gasteiger partial charge is 0.508 e. The summed E-state index contributed by atoms with van der Waals surface area (Å²) in [5.41, 5.74) is 6.20. The van der Waals surface area contributed by atoms with E-state index in [0.29, 0.717) is 31.4 Å². The smallest absolute Gasteiger partial charge is 0.326 e. The van der Waals surface area contributed by atoms with Crippen LogP contribution in [0.5, 0.6) is 5.75 Å². The number of carbonyl (C=O) groups is 4. The van der Waals surface area contributed by atoms with Crippen molar-refractivity contribution in [2.24, 2.45) is 11.7 Å². The van der Waals surface area contributed by atoms with Crippen molar-refractivity contribution in [3.63, 3.8) is 0 Å². The van der Waals surface area contributed by atoms with Crippen LogP contribution >= 0.6 is 0 Å². The lowest BCUT2D eigenvalue weighted by molar-refractivity contribution is -0.142. The van der Waals surface area contributed by atoms with Crippen LogP contribution in [0.2, 0.25) is 0 Å². The number of carboxylic acids is 1. The number of aliphatic carboxylic acids is 1. The number of hydrogen-bond acceptors (Lipinski definition) is 7. The lowest BCUT2D eigenvalue weighted by Gasteiger charge is -2.26. The number of phenols is 1. The summed E-state index contributed by atoms with van der Waals surface area (Å²) in [6, 6.07) is 2.88. The highest BCUT2D eigenvalue weighted by Gasteiger charge is 2.32. The van der Waals surface area contributed by atoms with Crippen molar-refractivity contribution >= 4 is 23.7 Å². The van der Waals surface area contributed by atoms with Crippen LogP contribution in [0, 0.1) is 5.92 Å². The third-order valence-electron chi connectivity index (χ3n) is 6.29. The van der Waals surface area contributed by atoms with Crippen molar-refractivity contribution in [1.29, 1.82) is 0 Å². The molecule has 37 heavy (non-hydrogen) atoms. The number of hydrogen-bond donors (Lipinski definition) is 7. The first-order valence-electron chi connectivity index (χ1n) is 13.0. The van der Waals surface area contributed by atoms with Crippen LogP contribution in [-0.2, 0) is 25.6 Å². The zero-order chi connectivity index (χ0) is 27.4. The van der Waals surface area contributed by atoms with E-state index in [-0.39, 0.29) is 36.8 Å². The van der Waals surface area contributed by atoms with Crippen LogP contribution in [-0.4, -0.2) is 71.2 Å². The molecule has 0 saturated carbocycles. The Balaban J connectivity index is 2.17. The number of rotatable bonds is 15. The van der Waals surface area contributed by atoms with Gasteiger partial charge in [0.05, 0.1) is 6.04 Å². The van der Waals surface area contributed by atoms with Gasteiger partial charge in [-0.05, 0) is 75.2 Å². The van der Waals surface area contributed by atoms with E-state index in [1.807, 2.05) is 13.8 Å². The van der Waals surface area contributed by atoms with Crippen molar-refractivity contribution < 1.29 is 29.4 Å². The fourth-order valence-electron chi connectivity index (χ4n) is 4.26. The van der Waals surface area contributed by atoms with Gasteiger partial charge in [0.25, 0.3) is 0 Å². The van der Waals surface area contributed by atoms with Gasteiger partial charge in [0.1, 0.15) is 23.9 Å². The Kier molecular flexibility index (Phi) is 12.3. The second-order valence-electron chi connectivity index (χ2n) is 9.96. The standard InChI is InChI=1S/C26H41N5O6/c1-16(2)14-21(24(34)29-20(26(36)37)6-3-4-12-27)30-25(35)22(15-17-8-10-18(32)11-9-17)31-23(33)19-7-5-13-28-19/h8-11,16,19-22,28,32H,3-7,12-15,27H2,1-2H3,(H,29,34)(H,30,35)(H,31,33)(H,36,37). The van der Waals surface area contributed by atoms with Gasteiger partial charge in [0.15, 0.2) is 0 Å². The van der Waals surface area contributed by atoms with Gasteiger partial charge in [0, 0.05) is 6.42 Å². The Labute approximate surface area is 217 Å². The molecule has 11 nitrogen and oxygen atoms in total. The molecule has 4 unspecified atom stereocenters. The van der Waals surface area contributed by atoms with E-state index in [1.165, 1.54) is 12.1 Å². The molecule has 0 radical (unpaired) electrons. The first kappa shape index (κ1) is 30.0. The highest BCUT2D eigenvalue weighted by Crippen LogP contribution is 2.14. The maximum atomic E-state index is 13.4. The molecule has 1 fully saturated rings. The molecule has 8 N–H and O–H groups in total. The molecule has 3 amide bonds. The van der Waals surface area contributed by atoms with Gasteiger partial charge >= 0.3 is 5.97 Å². The van der Waals surface area contributed by atoms with Crippen molar-refractivity contribution in [3.05, 3.63) is 29.8 Å². The van der Waals surface area contributed by atoms with E-state index < -0.39 is 42.0 Å². The van der Waals surface area contributed by atoms with E-state index >= 15 is 0 Å². The molecule has 1 saturated heterocycles. The monoisotopic (exact) mass is 519 g/mol. The number of carbonyl (C=O) groups excluding carboxylic acids is 3. The van der Waals surface area contributed by atoms with Gasteiger partial charge in [-0.1, -0.05) is 26.0 Å². The summed E-state index contributed by atoms with van der Waals surface area (Å²) in [5.74, 6) is -2.47. The fourth-order valence-corrected chi connectivity index (χ4v) is 4.26. The first-order valence-corrected chi connectivity index (χ1v) is 13.0. The Morgan fingerprint density at radius 2 is 1.65 bits per heavy atom. The summed E-state index contributed by atoms with van der Waals surface area (Å²) in [6.07, 6.45) is 3.38. The molecule has 4 atom stereocenters. The molecule has 0 bridgehead atoms. The van der Waals surface area contributed by atoms with Gasteiger partial charge in [0.2, 0.25) is 17.7 Å². The van der Waals surface area contributed by atoms with E-state index in [9.17, 15) is 29.4 Å². The van der Waals surface area contributed by atoms with Gasteiger partial charge in [-0.2, -0.15) is 0 Å². The van der Waals surface area contributed by atoms with Gasteiger partial charge in [-0.15, -0.1) is 0 Å². The molecule has 1 heterocycles. The second-order valence-corrected chi connectivity index (χ2v) is 9.96. The average molecular weight is 520 g/mol. The lowest BCUT2D eigenvalue weighted by atomic mass is 10.00. The van der Waals surface area contributed by atoms with E-state index in [1.54, 1.807) is 12.1 Å². The Hall–Kier alpha value is -3.18. The molecule has 1 aromatic carbocycles. The maximum absolute atomic E-state index is 13.4. The highest BCUT2D eigenvalue weighted by atomic mass is 16.4. The minimum Gasteiger partial charge on any atom is -0.508 e. The second kappa shape index (κ2) is 15.2. The van der Waals surface area contributed by atoms with Gasteiger partial charge in [-0.25, -0.2) is 4.79 Å². The molecule has 0 aromatic heterocycles. The molecule has 1 aliphatic heterocycles. The number of nitrogens with two attached hydrogens (primary N) is 1. The van der Waals surface area contributed by atoms with Gasteiger partial charge < -0.3 is 37.2 Å². The molecule has 1 aliphatic rings. The topological polar surface area (TPSA) is 183 Å². The van der Waals surface area contributed by atoms with Crippen LogP contribution in [0.4, 0.5) is 0 Å². The van der Waals surface area contributed by atoms with E-state index in [4.69, 9.17) is 5.73 Å². The number of phenolic OH excluding ortho intramolecular Hbond substituents is 1. The van der Waals surface area contributed by atoms with Crippen molar-refractivity contribution in [2.75, 3.05) is 13.1 Å². The van der Waals surface area contributed by atoms with Crippen molar-refractivity contribution in [1.82, 2.24) is 21.3 Å². The first-order chi connectivity index (χ1) is 17.6. The quantitative estimate of drug-likeness (QED) is 0.162. The van der Waals surface area contributed by atoms with Crippen molar-refractivity contribution in [3.8, 4) is 5.75 Å². The SMILES string of the molecule is CC(C)CC(NC(=O)C(Cc1ccc(O)cc1)NC(=O)C1CCCN1)C(=O)NC(CCCCN)C(=O)O. The predicted octanol–water partition coefficient (Wildman–Crippen LogP) is 0.401. The molecular formula is C26H41N5O6. The molecule has 11 heteroatoms. The normalized spacial score (nSPS) is 17.6. The molecule has 1 aromatic rings. The van der Waals surface area contributed by atoms with Crippen LogP contribution in [0.15, 0.2) is 24.3 Å². The number of aromatic hydroxyl groups is 1. The maximum Gasteiger partial charge on any atom is 0.326 e. The van der Waals surface area contributed by atoms with Crippen LogP contribution in [0.3, 0.4) is 0 Å². The summed E-state index contributed by atoms with van der Waals surface area (Å²) in [4.78, 5) is 50.9. The number of nitrogens with one attached hydrogen (secondary N) is 4. The summed E-state index contributed by atoms with van der Waals surface area (Å²) in [5, 5.41) is 30.3. The average Bonchev–Trinajstić information content (AvgIpc) is 3.38. The summed E-state index contributed by atoms with van der Waals surface area (Å²) >= 11 is 0. The van der Waals surface area contributed by atoms with Crippen LogP contribution < -0.4 is 27.0 Å². The summed E-state index contributed by atoms with van der Waals surface area (Å²) in [6.45, 7) is 4.93. The summed E-state index contributed by atoms with van der Waals surface area (Å²) in [7, 11) is 0. The zero-order valence-electron chi connectivity index (χ0n) is 21.7. The van der Waals surface area contributed by atoms with Crippen LogP contribution in [0.1, 0.15) is 57.9 Å². The highest BCUT2D eigenvalue weighted by molar-refractivity contribution is 5.94. The zero-order valence-corrected chi connectivity index (χ0v) is 21.7. The molecule has 206 valence electrons. The fraction of sp³-hybridized carbons (Fsp3) is 0.615. The van der Waals surface area contributed by atoms with Crippen molar-refractivity contribution in [2.45, 2.75) is 83.0 Å². The van der Waals surface area contributed by atoms with E-state index in [0.717, 1.165) is 13.0 Å². The number of benzene rings is 1. The Morgan fingerprint density at radius 3 is 2.22 bits per heavy atom. The van der Waals surface area contributed by atoms with E-state index in [2.05, 4.69) is 21.3 Å². The Morgan fingerprint density at radius 1 is 1.00 bits per heavy atom. The number of carboxylic acid groups (broad SMARTS) is 1. The van der Waals surface area contributed by atoms with Gasteiger partial charge in [-0.3, -0.25) is 14.4 Å². The minimum atomic E-state index is -1.15.